The highest BCUT2D eigenvalue weighted by molar-refractivity contribution is 4.53. The van der Waals surface area contributed by atoms with Gasteiger partial charge >= 0.3 is 0 Å². The number of hydrogen-bond donors (Lipinski definition) is 1. The fourth-order valence-corrected chi connectivity index (χ4v) is 0.493. The number of rotatable bonds is 3. The van der Waals surface area contributed by atoms with Gasteiger partial charge in [0.05, 0.1) is 0 Å². The Kier molecular flexibility index (Phi) is 20.2. The molecule has 1 heteroatoms. The summed E-state index contributed by atoms with van der Waals surface area (Å²) < 4.78 is 0. The van der Waals surface area contributed by atoms with Crippen LogP contribution in [0.25, 0.3) is 0 Å². The second-order valence-corrected chi connectivity index (χ2v) is 3.60. The Balaban J connectivity index is -0.000000142. The van der Waals surface area contributed by atoms with Crippen LogP contribution in [0.2, 0.25) is 0 Å². The van der Waals surface area contributed by atoms with Crippen molar-refractivity contribution in [2.24, 2.45) is 5.92 Å². The van der Waals surface area contributed by atoms with Gasteiger partial charge in [-0.3, -0.25) is 0 Å². The third-order valence-electron chi connectivity index (χ3n) is 1.16. The van der Waals surface area contributed by atoms with Crippen LogP contribution in [0.3, 0.4) is 0 Å². The summed E-state index contributed by atoms with van der Waals surface area (Å²) in [4.78, 5) is 0. The predicted molar refractivity (Wildman–Crippen MR) is 60.7 cm³/mol. The molecule has 0 aliphatic rings. The van der Waals surface area contributed by atoms with Crippen LogP contribution < -0.4 is 5.32 Å². The lowest BCUT2D eigenvalue weighted by Gasteiger charge is -2.06. The van der Waals surface area contributed by atoms with Gasteiger partial charge in [0, 0.05) is 6.04 Å². The average Bonchev–Trinajstić information content (AvgIpc) is 1.87. The van der Waals surface area contributed by atoms with Crippen LogP contribution in [0.15, 0.2) is 0 Å². The van der Waals surface area contributed by atoms with Gasteiger partial charge < -0.3 is 5.32 Å². The van der Waals surface area contributed by atoms with Crippen molar-refractivity contribution < 1.29 is 0 Å². The van der Waals surface area contributed by atoms with Gasteiger partial charge in [0.25, 0.3) is 0 Å². The normalized spacial score (nSPS) is 11.2. The average molecular weight is 175 g/mol. The van der Waals surface area contributed by atoms with Crippen LogP contribution in [-0.4, -0.2) is 12.6 Å². The van der Waals surface area contributed by atoms with Gasteiger partial charge in [0.2, 0.25) is 0 Å². The van der Waals surface area contributed by atoms with Crippen LogP contribution in [0.5, 0.6) is 0 Å². The highest BCUT2D eigenvalue weighted by Gasteiger charge is 1.90. The van der Waals surface area contributed by atoms with Crippen molar-refractivity contribution in [3.63, 3.8) is 0 Å². The molecule has 78 valence electrons. The van der Waals surface area contributed by atoms with Gasteiger partial charge in [-0.05, 0) is 25.8 Å². The molecule has 0 bridgehead atoms. The van der Waals surface area contributed by atoms with E-state index in [1.807, 2.05) is 0 Å². The van der Waals surface area contributed by atoms with Crippen molar-refractivity contribution in [3.8, 4) is 0 Å². The largest absolute Gasteiger partial charge is 0.315 e. The zero-order valence-electron chi connectivity index (χ0n) is 9.07. The molecule has 0 aromatic carbocycles. The number of nitrogens with one attached hydrogen (secondary N) is 1. The lowest BCUT2D eigenvalue weighted by molar-refractivity contribution is 0.553. The van der Waals surface area contributed by atoms with Crippen molar-refractivity contribution in [2.45, 2.75) is 61.4 Å². The predicted octanol–water partition coefficient (Wildman–Crippen LogP) is 3.69. The fourth-order valence-electron chi connectivity index (χ4n) is 0.493. The first-order valence-corrected chi connectivity index (χ1v) is 4.77. The van der Waals surface area contributed by atoms with Crippen molar-refractivity contribution in [1.29, 1.82) is 0 Å². The molecule has 0 saturated carbocycles. The molecule has 1 unspecified atom stereocenters. The Labute approximate surface area is 80.0 Å². The SMILES string of the molecule is C.CC(C)C.CCNC(C)CC. The maximum atomic E-state index is 3.30. The van der Waals surface area contributed by atoms with Gasteiger partial charge in [0.15, 0.2) is 0 Å². The quantitative estimate of drug-likeness (QED) is 0.690. The van der Waals surface area contributed by atoms with E-state index in [4.69, 9.17) is 0 Å². The summed E-state index contributed by atoms with van der Waals surface area (Å²) in [5.74, 6) is 0.833. The fraction of sp³-hybridized carbons (Fsp3) is 1.00. The third kappa shape index (κ3) is 32.5. The van der Waals surface area contributed by atoms with Gasteiger partial charge in [-0.15, -0.1) is 0 Å². The van der Waals surface area contributed by atoms with E-state index in [2.05, 4.69) is 46.9 Å². The molecule has 0 radical (unpaired) electrons. The molecule has 0 spiro atoms. The first-order valence-electron chi connectivity index (χ1n) is 4.77. The van der Waals surface area contributed by atoms with Crippen molar-refractivity contribution in [1.82, 2.24) is 5.32 Å². The van der Waals surface area contributed by atoms with Gasteiger partial charge in [0.1, 0.15) is 0 Å². The van der Waals surface area contributed by atoms with E-state index in [-0.39, 0.29) is 7.43 Å². The standard InChI is InChI=1S/C6H15N.C4H10.CH4/c1-4-6(3)7-5-2;1-4(2)3;/h6-7H,4-5H2,1-3H3;4H,1-3H3;1H4. The van der Waals surface area contributed by atoms with Crippen molar-refractivity contribution in [3.05, 3.63) is 0 Å². The number of hydrogen-bond acceptors (Lipinski definition) is 1. The minimum absolute atomic E-state index is 0. The molecule has 0 heterocycles. The van der Waals surface area contributed by atoms with E-state index in [1.165, 1.54) is 6.42 Å². The topological polar surface area (TPSA) is 12.0 Å². The molecule has 0 aliphatic carbocycles. The van der Waals surface area contributed by atoms with E-state index in [1.54, 1.807) is 0 Å². The van der Waals surface area contributed by atoms with Crippen LogP contribution >= 0.6 is 0 Å². The monoisotopic (exact) mass is 175 g/mol. The molecule has 0 aromatic heterocycles. The van der Waals surface area contributed by atoms with Gasteiger partial charge in [-0.1, -0.05) is 42.0 Å². The first-order chi connectivity index (χ1) is 5.04. The van der Waals surface area contributed by atoms with E-state index >= 15 is 0 Å². The summed E-state index contributed by atoms with van der Waals surface area (Å²) in [6, 6.07) is 0.699. The van der Waals surface area contributed by atoms with Crippen molar-refractivity contribution in [2.75, 3.05) is 6.54 Å². The summed E-state index contributed by atoms with van der Waals surface area (Å²) in [6.45, 7) is 14.1. The second kappa shape index (κ2) is 13.5. The highest BCUT2D eigenvalue weighted by Crippen LogP contribution is 1.84. The Morgan fingerprint density at radius 3 is 1.42 bits per heavy atom. The maximum Gasteiger partial charge on any atom is 0.00359 e. The Bertz CT molecular complexity index is 57.3. The molecule has 1 atom stereocenters. The molecule has 12 heavy (non-hydrogen) atoms. The minimum atomic E-state index is 0. The van der Waals surface area contributed by atoms with E-state index < -0.39 is 0 Å². The molecular weight excluding hydrogens is 146 g/mol. The van der Waals surface area contributed by atoms with Crippen LogP contribution in [0.1, 0.15) is 55.4 Å². The summed E-state index contributed by atoms with van der Waals surface area (Å²) in [5.41, 5.74) is 0. The highest BCUT2D eigenvalue weighted by atomic mass is 14.9. The summed E-state index contributed by atoms with van der Waals surface area (Å²) in [5, 5.41) is 3.30. The molecule has 0 aliphatic heterocycles. The van der Waals surface area contributed by atoms with E-state index in [0.29, 0.717) is 6.04 Å². The van der Waals surface area contributed by atoms with Crippen LogP contribution in [0, 0.1) is 5.92 Å². The van der Waals surface area contributed by atoms with Gasteiger partial charge in [-0.25, -0.2) is 0 Å². The van der Waals surface area contributed by atoms with Crippen LogP contribution in [-0.2, 0) is 0 Å². The van der Waals surface area contributed by atoms with E-state index in [9.17, 15) is 0 Å². The Morgan fingerprint density at radius 2 is 1.33 bits per heavy atom. The molecule has 1 N–H and O–H groups in total. The summed E-state index contributed by atoms with van der Waals surface area (Å²) in [6.07, 6.45) is 1.23. The minimum Gasteiger partial charge on any atom is -0.315 e. The lowest BCUT2D eigenvalue weighted by atomic mass is 10.3. The van der Waals surface area contributed by atoms with E-state index in [0.717, 1.165) is 12.5 Å². The smallest absolute Gasteiger partial charge is 0.00359 e. The zero-order chi connectivity index (χ0) is 9.28. The lowest BCUT2D eigenvalue weighted by Crippen LogP contribution is -2.24. The Morgan fingerprint density at radius 1 is 1.00 bits per heavy atom. The molecule has 0 rings (SSSR count). The third-order valence-corrected chi connectivity index (χ3v) is 1.16. The summed E-state index contributed by atoms with van der Waals surface area (Å²) in [7, 11) is 0. The summed E-state index contributed by atoms with van der Waals surface area (Å²) >= 11 is 0. The maximum absolute atomic E-state index is 3.30. The Hall–Kier alpha value is -0.0400. The second-order valence-electron chi connectivity index (χ2n) is 3.60. The molecule has 0 saturated heterocycles. The van der Waals surface area contributed by atoms with Crippen molar-refractivity contribution >= 4 is 0 Å². The van der Waals surface area contributed by atoms with Gasteiger partial charge in [-0.2, -0.15) is 0 Å². The molecule has 0 fully saturated rings. The van der Waals surface area contributed by atoms with Crippen LogP contribution in [0.4, 0.5) is 0 Å². The first kappa shape index (κ1) is 17.9. The molecular formula is C11H29N. The zero-order valence-corrected chi connectivity index (χ0v) is 9.07. The molecule has 1 nitrogen and oxygen atoms in total. The molecule has 0 aromatic rings. The molecule has 0 amide bonds.